The number of aryl methyl sites for hydroxylation is 2. The first kappa shape index (κ1) is 10.6. The Hall–Kier alpha value is -0.440. The molecule has 0 atom stereocenters. The number of H-pyrrole nitrogens is 1. The molecule has 1 aromatic heterocycles. The van der Waals surface area contributed by atoms with Gasteiger partial charge in [0.15, 0.2) is 0 Å². The van der Waals surface area contributed by atoms with Gasteiger partial charge in [-0.1, -0.05) is 13.8 Å². The van der Waals surface area contributed by atoms with Gasteiger partial charge in [0.25, 0.3) is 5.82 Å². The summed E-state index contributed by atoms with van der Waals surface area (Å²) in [6.45, 7) is 5.55. The van der Waals surface area contributed by atoms with Gasteiger partial charge < -0.3 is 0 Å². The van der Waals surface area contributed by atoms with Crippen molar-refractivity contribution in [3.05, 3.63) is 18.2 Å². The summed E-state index contributed by atoms with van der Waals surface area (Å²) in [5.74, 6) is 3.84. The fourth-order valence-electron chi connectivity index (χ4n) is 1.39. The van der Waals surface area contributed by atoms with Crippen molar-refractivity contribution in [2.24, 2.45) is 0 Å². The van der Waals surface area contributed by atoms with Crippen LogP contribution in [0.1, 0.15) is 26.1 Å². The number of nitrogens with one attached hydrogen (secondary N) is 1. The summed E-state index contributed by atoms with van der Waals surface area (Å²) in [5, 5.41) is 0. The molecule has 0 aromatic carbocycles. The number of rotatable bonds is 6. The monoisotopic (exact) mass is 199 g/mol. The van der Waals surface area contributed by atoms with Crippen LogP contribution in [0.25, 0.3) is 0 Å². The molecule has 0 spiro atoms. The summed E-state index contributed by atoms with van der Waals surface area (Å²) in [6, 6.07) is 0. The minimum absolute atomic E-state index is 1.09. The van der Waals surface area contributed by atoms with Crippen molar-refractivity contribution in [1.29, 1.82) is 0 Å². The van der Waals surface area contributed by atoms with E-state index >= 15 is 0 Å². The second-order valence-electron chi connectivity index (χ2n) is 3.00. The summed E-state index contributed by atoms with van der Waals surface area (Å²) in [6.07, 6.45) is 6.52. The van der Waals surface area contributed by atoms with Crippen LogP contribution < -0.4 is 4.57 Å². The van der Waals surface area contributed by atoms with Crippen LogP contribution in [0.4, 0.5) is 0 Å². The molecule has 74 valence electrons. The average molecular weight is 199 g/mol. The van der Waals surface area contributed by atoms with Crippen LogP contribution in [0.2, 0.25) is 0 Å². The molecule has 1 aromatic rings. The Morgan fingerprint density at radius 2 is 2.31 bits per heavy atom. The van der Waals surface area contributed by atoms with Crippen molar-refractivity contribution in [3.63, 3.8) is 0 Å². The molecule has 0 radical (unpaired) electrons. The third-order valence-corrected chi connectivity index (χ3v) is 3.06. The van der Waals surface area contributed by atoms with E-state index in [1.807, 2.05) is 18.0 Å². The smallest absolute Gasteiger partial charge is 0.248 e. The van der Waals surface area contributed by atoms with E-state index in [0.717, 1.165) is 13.0 Å². The van der Waals surface area contributed by atoms with Crippen molar-refractivity contribution < 1.29 is 4.57 Å². The van der Waals surface area contributed by atoms with Crippen molar-refractivity contribution >= 4 is 11.8 Å². The molecule has 0 fully saturated rings. The van der Waals surface area contributed by atoms with E-state index in [1.54, 1.807) is 0 Å². The van der Waals surface area contributed by atoms with Gasteiger partial charge in [0.1, 0.15) is 12.4 Å². The first-order valence-electron chi connectivity index (χ1n) is 5.02. The second kappa shape index (κ2) is 6.08. The van der Waals surface area contributed by atoms with E-state index in [2.05, 4.69) is 29.6 Å². The molecule has 0 unspecified atom stereocenters. The lowest BCUT2D eigenvalue weighted by molar-refractivity contribution is -0.702. The zero-order chi connectivity index (χ0) is 9.52. The van der Waals surface area contributed by atoms with Gasteiger partial charge in [-0.15, -0.1) is 0 Å². The molecule has 0 aliphatic heterocycles. The molecule has 0 bridgehead atoms. The van der Waals surface area contributed by atoms with Gasteiger partial charge in [0, 0.05) is 6.42 Å². The molecular formula is C10H19N2S+. The normalized spacial score (nSPS) is 10.6. The van der Waals surface area contributed by atoms with Gasteiger partial charge in [-0.25, -0.2) is 9.55 Å². The maximum absolute atomic E-state index is 3.25. The molecular weight excluding hydrogens is 180 g/mol. The number of hydrogen-bond acceptors (Lipinski definition) is 1. The third kappa shape index (κ3) is 3.43. The third-order valence-electron chi connectivity index (χ3n) is 2.08. The van der Waals surface area contributed by atoms with E-state index in [4.69, 9.17) is 0 Å². The summed E-state index contributed by atoms with van der Waals surface area (Å²) >= 11 is 2.02. The van der Waals surface area contributed by atoms with E-state index in [0.29, 0.717) is 0 Å². The van der Waals surface area contributed by atoms with Gasteiger partial charge in [0.05, 0.1) is 6.54 Å². The number of aromatic amines is 1. The zero-order valence-electron chi connectivity index (χ0n) is 8.55. The fourth-order valence-corrected chi connectivity index (χ4v) is 2.01. The number of nitrogens with zero attached hydrogens (tertiary/aromatic N) is 1. The van der Waals surface area contributed by atoms with Gasteiger partial charge in [-0.3, -0.25) is 0 Å². The van der Waals surface area contributed by atoms with Gasteiger partial charge in [-0.05, 0) is 17.9 Å². The Morgan fingerprint density at radius 3 is 3.00 bits per heavy atom. The molecule has 1 heterocycles. The highest BCUT2D eigenvalue weighted by molar-refractivity contribution is 7.99. The lowest BCUT2D eigenvalue weighted by atomic mass is 10.4. The summed E-state index contributed by atoms with van der Waals surface area (Å²) in [4.78, 5) is 3.25. The van der Waals surface area contributed by atoms with Crippen LogP contribution in [0, 0.1) is 0 Å². The lowest BCUT2D eigenvalue weighted by Gasteiger charge is -1.98. The van der Waals surface area contributed by atoms with Gasteiger partial charge >= 0.3 is 0 Å². The molecule has 13 heavy (non-hydrogen) atoms. The molecule has 0 aliphatic carbocycles. The predicted molar refractivity (Wildman–Crippen MR) is 58.0 cm³/mol. The van der Waals surface area contributed by atoms with Crippen LogP contribution in [-0.2, 0) is 13.0 Å². The molecule has 1 rings (SSSR count). The van der Waals surface area contributed by atoms with E-state index in [9.17, 15) is 0 Å². The van der Waals surface area contributed by atoms with E-state index in [-0.39, 0.29) is 0 Å². The summed E-state index contributed by atoms with van der Waals surface area (Å²) < 4.78 is 2.32. The number of imidazole rings is 1. The second-order valence-corrected chi connectivity index (χ2v) is 4.40. The largest absolute Gasteiger partial charge is 0.253 e. The summed E-state index contributed by atoms with van der Waals surface area (Å²) in [5.41, 5.74) is 0. The highest BCUT2D eigenvalue weighted by atomic mass is 32.2. The number of thioether (sulfide) groups is 1. The molecule has 1 N–H and O–H groups in total. The Bertz CT molecular complexity index is 233. The van der Waals surface area contributed by atoms with Crippen molar-refractivity contribution in [2.45, 2.75) is 33.2 Å². The average Bonchev–Trinajstić information content (AvgIpc) is 2.60. The van der Waals surface area contributed by atoms with Crippen LogP contribution in [-0.4, -0.2) is 16.5 Å². The Balaban J connectivity index is 2.27. The molecule has 3 heteroatoms. The molecule has 0 saturated carbocycles. The Kier molecular flexibility index (Phi) is 4.98. The van der Waals surface area contributed by atoms with Crippen molar-refractivity contribution in [1.82, 2.24) is 4.98 Å². The minimum atomic E-state index is 1.09. The summed E-state index contributed by atoms with van der Waals surface area (Å²) in [7, 11) is 0. The van der Waals surface area contributed by atoms with Crippen LogP contribution in [0.15, 0.2) is 12.4 Å². The van der Waals surface area contributed by atoms with Crippen LogP contribution in [0.5, 0.6) is 0 Å². The Morgan fingerprint density at radius 1 is 1.46 bits per heavy atom. The van der Waals surface area contributed by atoms with Crippen molar-refractivity contribution in [2.75, 3.05) is 11.5 Å². The molecule has 2 nitrogen and oxygen atoms in total. The van der Waals surface area contributed by atoms with Gasteiger partial charge in [0.2, 0.25) is 0 Å². The van der Waals surface area contributed by atoms with Crippen LogP contribution in [0.3, 0.4) is 0 Å². The lowest BCUT2D eigenvalue weighted by Crippen LogP contribution is -2.36. The Labute approximate surface area is 84.7 Å². The zero-order valence-corrected chi connectivity index (χ0v) is 9.36. The topological polar surface area (TPSA) is 19.7 Å². The highest BCUT2D eigenvalue weighted by Crippen LogP contribution is 2.00. The quantitative estimate of drug-likeness (QED) is 0.549. The SMILES string of the molecule is CCSCCC[n+]1cc[nH]c1CC. The van der Waals surface area contributed by atoms with Crippen LogP contribution >= 0.6 is 11.8 Å². The maximum atomic E-state index is 3.25. The highest BCUT2D eigenvalue weighted by Gasteiger charge is 2.06. The first-order valence-corrected chi connectivity index (χ1v) is 6.17. The standard InChI is InChI=1S/C10H18N2S/c1-3-10-11-6-8-12(10)7-5-9-13-4-2/h6,8H,3-5,7,9H2,1-2H3/p+1. The minimum Gasteiger partial charge on any atom is -0.248 e. The first-order chi connectivity index (χ1) is 6.38. The molecule has 0 aliphatic rings. The maximum Gasteiger partial charge on any atom is 0.253 e. The van der Waals surface area contributed by atoms with E-state index in [1.165, 1.54) is 23.8 Å². The number of aromatic nitrogens is 2. The molecule has 0 saturated heterocycles. The predicted octanol–water partition coefficient (Wildman–Crippen LogP) is 2.01. The fraction of sp³-hybridized carbons (Fsp3) is 0.700. The molecule has 0 amide bonds. The van der Waals surface area contributed by atoms with Gasteiger partial charge in [-0.2, -0.15) is 11.8 Å². The van der Waals surface area contributed by atoms with E-state index < -0.39 is 0 Å². The van der Waals surface area contributed by atoms with Crippen molar-refractivity contribution in [3.8, 4) is 0 Å². The number of hydrogen-bond donors (Lipinski definition) is 1.